The molecule has 0 fully saturated rings. The Balaban J connectivity index is 1.17. The van der Waals surface area contributed by atoms with Gasteiger partial charge in [0, 0.05) is 48.5 Å². The van der Waals surface area contributed by atoms with Crippen molar-refractivity contribution in [3.05, 3.63) is 131 Å². The van der Waals surface area contributed by atoms with Crippen molar-refractivity contribution < 1.29 is 14.3 Å². The first-order valence-electron chi connectivity index (χ1n) is 14.6. The summed E-state index contributed by atoms with van der Waals surface area (Å²) in [5, 5.41) is 3.70. The van der Waals surface area contributed by atoms with E-state index >= 15 is 0 Å². The number of para-hydroxylation sites is 1. The minimum atomic E-state index is -0.368. The van der Waals surface area contributed by atoms with Crippen LogP contribution in [-0.2, 0) is 16.2 Å². The van der Waals surface area contributed by atoms with Crippen LogP contribution >= 0.6 is 0 Å². The van der Waals surface area contributed by atoms with E-state index in [1.807, 2.05) is 99.7 Å². The van der Waals surface area contributed by atoms with Crippen molar-refractivity contribution in [2.24, 2.45) is 0 Å². The van der Waals surface area contributed by atoms with Crippen LogP contribution in [0.4, 0.5) is 5.69 Å². The number of ether oxygens (including phenoxy) is 1. The smallest absolute Gasteiger partial charge is 0.246 e. The number of aryl methyl sites for hydroxylation is 2. The third kappa shape index (κ3) is 7.86. The van der Waals surface area contributed by atoms with Crippen LogP contribution in [0.1, 0.15) is 39.2 Å². The summed E-state index contributed by atoms with van der Waals surface area (Å²) in [4.78, 5) is 40.2. The number of amides is 2. The van der Waals surface area contributed by atoms with E-state index in [-0.39, 0.29) is 18.4 Å². The number of rotatable bonds is 10. The van der Waals surface area contributed by atoms with Gasteiger partial charge in [-0.05, 0) is 97.1 Å². The largest absolute Gasteiger partial charge is 0.487 e. The minimum absolute atomic E-state index is 0.142. The SMILES string of the molecule is Cc1ccc2cccc(OCc3c(C)ccc(N(C)C(=O)CNC(=O)/C=C/c4ccc(/C=C/c5ccncc5)nc4)c3C)c2n1. The van der Waals surface area contributed by atoms with Crippen molar-refractivity contribution in [3.63, 3.8) is 0 Å². The Morgan fingerprint density at radius 2 is 1.71 bits per heavy atom. The first kappa shape index (κ1) is 30.8. The van der Waals surface area contributed by atoms with E-state index in [9.17, 15) is 9.59 Å². The summed E-state index contributed by atoms with van der Waals surface area (Å²) < 4.78 is 6.26. The number of benzene rings is 2. The average Bonchev–Trinajstić information content (AvgIpc) is 3.06. The number of likely N-dealkylation sites (N-methyl/N-ethyl adjacent to an activating group) is 1. The Hall–Kier alpha value is -5.63. The molecule has 0 aliphatic carbocycles. The predicted octanol–water partition coefficient (Wildman–Crippen LogP) is 6.49. The predicted molar refractivity (Wildman–Crippen MR) is 180 cm³/mol. The molecule has 0 bridgehead atoms. The second-order valence-corrected chi connectivity index (χ2v) is 10.7. The molecule has 0 atom stereocenters. The molecule has 45 heavy (non-hydrogen) atoms. The van der Waals surface area contributed by atoms with Crippen molar-refractivity contribution in [3.8, 4) is 5.75 Å². The van der Waals surface area contributed by atoms with Gasteiger partial charge in [0.2, 0.25) is 11.8 Å². The van der Waals surface area contributed by atoms with Gasteiger partial charge < -0.3 is 15.0 Å². The maximum Gasteiger partial charge on any atom is 0.246 e. The number of nitrogens with zero attached hydrogens (tertiary/aromatic N) is 4. The number of hydrogen-bond acceptors (Lipinski definition) is 6. The molecule has 0 unspecified atom stereocenters. The summed E-state index contributed by atoms with van der Waals surface area (Å²) in [7, 11) is 1.71. The zero-order valence-corrected chi connectivity index (χ0v) is 25.8. The van der Waals surface area contributed by atoms with Crippen molar-refractivity contribution in [1.29, 1.82) is 0 Å². The molecular weight excluding hydrogens is 562 g/mol. The fourth-order valence-electron chi connectivity index (χ4n) is 4.87. The molecule has 0 aliphatic rings. The molecule has 0 radical (unpaired) electrons. The lowest BCUT2D eigenvalue weighted by Crippen LogP contribution is -2.38. The fraction of sp³-hybridized carbons (Fsp3) is 0.162. The normalized spacial score (nSPS) is 11.3. The standard InChI is InChI=1S/C37H35N5O3/c1-25-8-16-33(27(3)32(25)24-45-34-7-5-6-30-13-9-26(2)41-37(30)34)42(4)36(44)23-40-35(43)17-12-29-11-15-31(39-22-29)14-10-28-18-20-38-21-19-28/h5-22H,23-24H2,1-4H3,(H,40,43)/b14-10+,17-12+. The number of fused-ring (bicyclic) bond motifs is 1. The van der Waals surface area contributed by atoms with Gasteiger partial charge in [-0.15, -0.1) is 0 Å². The number of anilines is 1. The minimum Gasteiger partial charge on any atom is -0.487 e. The van der Waals surface area contributed by atoms with Crippen LogP contribution in [-0.4, -0.2) is 40.4 Å². The van der Waals surface area contributed by atoms with E-state index in [1.54, 1.807) is 36.6 Å². The van der Waals surface area contributed by atoms with E-state index < -0.39 is 0 Å². The molecular formula is C37H35N5O3. The van der Waals surface area contributed by atoms with Crippen LogP contribution in [0.15, 0.2) is 91.4 Å². The fourth-order valence-corrected chi connectivity index (χ4v) is 4.87. The molecule has 226 valence electrons. The maximum absolute atomic E-state index is 13.1. The Morgan fingerprint density at radius 1 is 0.889 bits per heavy atom. The van der Waals surface area contributed by atoms with Gasteiger partial charge in [0.1, 0.15) is 17.9 Å². The number of nitrogens with one attached hydrogen (secondary N) is 1. The van der Waals surface area contributed by atoms with E-state index in [1.165, 1.54) is 6.08 Å². The molecule has 8 heteroatoms. The van der Waals surface area contributed by atoms with Crippen LogP contribution < -0.4 is 15.0 Å². The lowest BCUT2D eigenvalue weighted by molar-refractivity contribution is -0.122. The number of pyridine rings is 3. The summed E-state index contributed by atoms with van der Waals surface area (Å²) in [5.74, 6) is 0.105. The van der Waals surface area contributed by atoms with E-state index in [4.69, 9.17) is 4.74 Å². The van der Waals surface area contributed by atoms with Crippen molar-refractivity contribution in [1.82, 2.24) is 20.3 Å². The second kappa shape index (κ2) is 14.2. The molecule has 1 N–H and O–H groups in total. The van der Waals surface area contributed by atoms with Crippen LogP contribution in [0.5, 0.6) is 5.75 Å². The van der Waals surface area contributed by atoms with Gasteiger partial charge in [-0.3, -0.25) is 19.6 Å². The highest BCUT2D eigenvalue weighted by atomic mass is 16.5. The summed E-state index contributed by atoms with van der Waals surface area (Å²) in [6.45, 7) is 6.15. The molecule has 2 amide bonds. The molecule has 0 spiro atoms. The van der Waals surface area contributed by atoms with E-state index in [2.05, 4.69) is 20.3 Å². The Bertz CT molecular complexity index is 1880. The van der Waals surface area contributed by atoms with E-state index in [0.29, 0.717) is 12.4 Å². The van der Waals surface area contributed by atoms with Crippen LogP contribution in [0.2, 0.25) is 0 Å². The molecule has 2 aromatic carbocycles. The third-order valence-electron chi connectivity index (χ3n) is 7.54. The summed E-state index contributed by atoms with van der Waals surface area (Å²) in [5.41, 5.74) is 8.10. The number of aromatic nitrogens is 3. The van der Waals surface area contributed by atoms with Crippen molar-refractivity contribution >= 4 is 46.6 Å². The average molecular weight is 598 g/mol. The quantitative estimate of drug-likeness (QED) is 0.185. The number of hydrogen-bond donors (Lipinski definition) is 1. The van der Waals surface area contributed by atoms with Gasteiger partial charge in [-0.25, -0.2) is 4.98 Å². The Kier molecular flexibility index (Phi) is 9.74. The first-order chi connectivity index (χ1) is 21.8. The summed E-state index contributed by atoms with van der Waals surface area (Å²) in [6.07, 6.45) is 12.1. The highest BCUT2D eigenvalue weighted by Gasteiger charge is 2.17. The molecule has 5 rings (SSSR count). The first-order valence-corrected chi connectivity index (χ1v) is 14.6. The molecule has 8 nitrogen and oxygen atoms in total. The van der Waals surface area contributed by atoms with Crippen LogP contribution in [0.3, 0.4) is 0 Å². The zero-order valence-electron chi connectivity index (χ0n) is 25.8. The molecule has 0 saturated heterocycles. The summed E-state index contributed by atoms with van der Waals surface area (Å²) >= 11 is 0. The zero-order chi connectivity index (χ0) is 31.8. The number of carbonyl (C=O) groups is 2. The molecule has 0 saturated carbocycles. The Morgan fingerprint density at radius 3 is 2.49 bits per heavy atom. The Labute approximate surface area is 263 Å². The topological polar surface area (TPSA) is 97.3 Å². The van der Waals surface area contributed by atoms with Crippen LogP contribution in [0, 0.1) is 20.8 Å². The molecule has 5 aromatic rings. The van der Waals surface area contributed by atoms with Crippen LogP contribution in [0.25, 0.3) is 29.1 Å². The van der Waals surface area contributed by atoms with Gasteiger partial charge in [-0.2, -0.15) is 0 Å². The second-order valence-electron chi connectivity index (χ2n) is 10.7. The highest BCUT2D eigenvalue weighted by molar-refractivity contribution is 5.99. The molecule has 0 aliphatic heterocycles. The third-order valence-corrected chi connectivity index (χ3v) is 7.54. The van der Waals surface area contributed by atoms with Gasteiger partial charge in [0.05, 0.1) is 12.2 Å². The van der Waals surface area contributed by atoms with Gasteiger partial charge in [-0.1, -0.05) is 36.4 Å². The molecule has 3 aromatic heterocycles. The summed E-state index contributed by atoms with van der Waals surface area (Å²) in [6, 6.07) is 21.4. The lowest BCUT2D eigenvalue weighted by atomic mass is 10.0. The number of carbonyl (C=O) groups excluding carboxylic acids is 2. The van der Waals surface area contributed by atoms with Gasteiger partial charge in [0.15, 0.2) is 0 Å². The van der Waals surface area contributed by atoms with Crippen molar-refractivity contribution in [2.45, 2.75) is 27.4 Å². The lowest BCUT2D eigenvalue weighted by Gasteiger charge is -2.23. The van der Waals surface area contributed by atoms with E-state index in [0.717, 1.165) is 55.8 Å². The molecule has 3 heterocycles. The highest BCUT2D eigenvalue weighted by Crippen LogP contribution is 2.29. The van der Waals surface area contributed by atoms with Gasteiger partial charge in [0.25, 0.3) is 0 Å². The monoisotopic (exact) mass is 597 g/mol. The van der Waals surface area contributed by atoms with Crippen molar-refractivity contribution in [2.75, 3.05) is 18.5 Å². The maximum atomic E-state index is 13.1. The van der Waals surface area contributed by atoms with Gasteiger partial charge >= 0.3 is 0 Å².